The lowest BCUT2D eigenvalue weighted by Crippen LogP contribution is -2.16. The van der Waals surface area contributed by atoms with E-state index in [1.165, 1.54) is 86.2 Å². The maximum atomic E-state index is 2.44. The highest BCUT2D eigenvalue weighted by Crippen LogP contribution is 2.51. The van der Waals surface area contributed by atoms with Gasteiger partial charge in [-0.3, -0.25) is 0 Å². The van der Waals surface area contributed by atoms with E-state index in [-0.39, 0.29) is 5.41 Å². The fourth-order valence-corrected chi connectivity index (χ4v) is 10.3. The van der Waals surface area contributed by atoms with Gasteiger partial charge in [-0.2, -0.15) is 0 Å². The number of hydrogen-bond acceptors (Lipinski definition) is 2. The van der Waals surface area contributed by atoms with Gasteiger partial charge in [0, 0.05) is 42.6 Å². The SMILES string of the molecule is CC1(C)c2ccccc2-c2ccc(N(c3ccc(-c4cccc5c(-c6cccc7ccccc67)cccc45)cc3)c3ccc4sc5ccccc5c4c3)cc21. The monoisotopic (exact) mass is 719 g/mol. The third-order valence-corrected chi connectivity index (χ3v) is 13.0. The lowest BCUT2D eigenvalue weighted by molar-refractivity contribution is 0.660. The summed E-state index contributed by atoms with van der Waals surface area (Å²) >= 11 is 1.86. The molecule has 0 N–H and O–H groups in total. The summed E-state index contributed by atoms with van der Waals surface area (Å²) in [4.78, 5) is 2.44. The third-order valence-electron chi connectivity index (χ3n) is 11.9. The molecule has 55 heavy (non-hydrogen) atoms. The highest BCUT2D eigenvalue weighted by atomic mass is 32.1. The summed E-state index contributed by atoms with van der Waals surface area (Å²) in [6, 6.07) is 69.7. The molecule has 0 amide bonds. The van der Waals surface area contributed by atoms with Crippen molar-refractivity contribution in [2.24, 2.45) is 0 Å². The van der Waals surface area contributed by atoms with Crippen molar-refractivity contribution in [3.8, 4) is 33.4 Å². The van der Waals surface area contributed by atoms with Crippen molar-refractivity contribution < 1.29 is 0 Å². The third kappa shape index (κ3) is 4.99. The molecule has 0 bridgehead atoms. The van der Waals surface area contributed by atoms with E-state index in [2.05, 4.69) is 207 Å². The number of nitrogens with zero attached hydrogens (tertiary/aromatic N) is 1. The predicted molar refractivity (Wildman–Crippen MR) is 237 cm³/mol. The molecule has 1 aliphatic rings. The minimum Gasteiger partial charge on any atom is -0.310 e. The van der Waals surface area contributed by atoms with Gasteiger partial charge in [-0.25, -0.2) is 0 Å². The van der Waals surface area contributed by atoms with E-state index in [1.807, 2.05) is 11.3 Å². The first-order valence-electron chi connectivity index (χ1n) is 19.1. The lowest BCUT2D eigenvalue weighted by Gasteiger charge is -2.28. The smallest absolute Gasteiger partial charge is 0.0468 e. The molecule has 1 heterocycles. The Morgan fingerprint density at radius 1 is 0.364 bits per heavy atom. The fourth-order valence-electron chi connectivity index (χ4n) is 9.18. The molecule has 1 aliphatic carbocycles. The van der Waals surface area contributed by atoms with Crippen molar-refractivity contribution in [2.45, 2.75) is 19.3 Å². The summed E-state index contributed by atoms with van der Waals surface area (Å²) < 4.78 is 2.63. The van der Waals surface area contributed by atoms with E-state index in [9.17, 15) is 0 Å². The first-order valence-corrected chi connectivity index (χ1v) is 19.9. The standard InChI is InChI=1S/C53H37NS/c1-53(2)49-22-7-5-15-45(49)46-30-28-38(33-50(46)53)54(37-29-31-52-48(32-37)47-16-6-8-23-51(47)55-52)36-26-24-35(25-27-36)40-17-10-20-43-42(40)19-11-21-44(43)41-18-9-13-34-12-3-4-14-39(34)41/h3-33H,1-2H3. The molecule has 9 aromatic carbocycles. The van der Waals surface area contributed by atoms with Crippen molar-refractivity contribution in [1.82, 2.24) is 0 Å². The van der Waals surface area contributed by atoms with Gasteiger partial charge in [-0.15, -0.1) is 11.3 Å². The van der Waals surface area contributed by atoms with Gasteiger partial charge in [-0.1, -0.05) is 153 Å². The second-order valence-electron chi connectivity index (χ2n) is 15.3. The highest BCUT2D eigenvalue weighted by molar-refractivity contribution is 7.25. The summed E-state index contributed by atoms with van der Waals surface area (Å²) in [5, 5.41) is 7.67. The summed E-state index contributed by atoms with van der Waals surface area (Å²) in [6.07, 6.45) is 0. The Balaban J connectivity index is 1.05. The maximum absolute atomic E-state index is 2.44. The van der Waals surface area contributed by atoms with Crippen molar-refractivity contribution in [3.05, 3.63) is 199 Å². The first-order chi connectivity index (χ1) is 27.0. The highest BCUT2D eigenvalue weighted by Gasteiger charge is 2.35. The van der Waals surface area contributed by atoms with Crippen LogP contribution >= 0.6 is 11.3 Å². The lowest BCUT2D eigenvalue weighted by atomic mass is 9.82. The van der Waals surface area contributed by atoms with Crippen LogP contribution in [0.3, 0.4) is 0 Å². The molecule has 260 valence electrons. The number of thiophene rings is 1. The molecule has 1 aromatic heterocycles. The van der Waals surface area contributed by atoms with Crippen LogP contribution < -0.4 is 4.90 Å². The van der Waals surface area contributed by atoms with Crippen molar-refractivity contribution in [2.75, 3.05) is 4.90 Å². The molecule has 0 spiro atoms. The van der Waals surface area contributed by atoms with Crippen LogP contribution in [-0.4, -0.2) is 0 Å². The second-order valence-corrected chi connectivity index (χ2v) is 16.4. The Morgan fingerprint density at radius 2 is 0.909 bits per heavy atom. The van der Waals surface area contributed by atoms with Gasteiger partial charge in [0.25, 0.3) is 0 Å². The van der Waals surface area contributed by atoms with E-state index < -0.39 is 0 Å². The molecule has 10 aromatic rings. The molecule has 0 saturated carbocycles. The van der Waals surface area contributed by atoms with Crippen molar-refractivity contribution in [3.63, 3.8) is 0 Å². The largest absolute Gasteiger partial charge is 0.310 e. The van der Waals surface area contributed by atoms with Crippen LogP contribution in [0.25, 0.3) is 75.1 Å². The summed E-state index contributed by atoms with van der Waals surface area (Å²) in [6.45, 7) is 4.72. The summed E-state index contributed by atoms with van der Waals surface area (Å²) in [5.74, 6) is 0. The fraction of sp³-hybridized carbons (Fsp3) is 0.0566. The molecular weight excluding hydrogens is 683 g/mol. The second kappa shape index (κ2) is 12.3. The molecule has 0 saturated heterocycles. The van der Waals surface area contributed by atoms with Gasteiger partial charge in [0.15, 0.2) is 0 Å². The van der Waals surface area contributed by atoms with Gasteiger partial charge in [0.2, 0.25) is 0 Å². The van der Waals surface area contributed by atoms with Crippen LogP contribution in [0, 0.1) is 0 Å². The summed E-state index contributed by atoms with van der Waals surface area (Å²) in [5.41, 5.74) is 13.8. The average Bonchev–Trinajstić information content (AvgIpc) is 3.72. The van der Waals surface area contributed by atoms with E-state index in [0.29, 0.717) is 0 Å². The zero-order chi connectivity index (χ0) is 36.7. The minimum absolute atomic E-state index is 0.0930. The topological polar surface area (TPSA) is 3.24 Å². The van der Waals surface area contributed by atoms with E-state index >= 15 is 0 Å². The van der Waals surface area contributed by atoms with Gasteiger partial charge in [0.05, 0.1) is 0 Å². The van der Waals surface area contributed by atoms with Crippen LogP contribution in [0.1, 0.15) is 25.0 Å². The molecule has 0 fully saturated rings. The normalized spacial score (nSPS) is 13.1. The zero-order valence-electron chi connectivity index (χ0n) is 30.8. The molecule has 0 radical (unpaired) electrons. The number of rotatable bonds is 5. The van der Waals surface area contributed by atoms with Crippen LogP contribution in [-0.2, 0) is 5.41 Å². The molecule has 2 heteroatoms. The predicted octanol–water partition coefficient (Wildman–Crippen LogP) is 15.5. The number of benzene rings is 9. The van der Waals surface area contributed by atoms with Gasteiger partial charge < -0.3 is 4.90 Å². The van der Waals surface area contributed by atoms with Gasteiger partial charge in [0.1, 0.15) is 0 Å². The Hall–Kier alpha value is -6.48. The quantitative estimate of drug-likeness (QED) is 0.171. The van der Waals surface area contributed by atoms with Gasteiger partial charge >= 0.3 is 0 Å². The maximum Gasteiger partial charge on any atom is 0.0468 e. The average molecular weight is 720 g/mol. The van der Waals surface area contributed by atoms with Crippen LogP contribution in [0.5, 0.6) is 0 Å². The Morgan fingerprint density at radius 3 is 1.76 bits per heavy atom. The molecule has 1 nitrogen and oxygen atoms in total. The Kier molecular flexibility index (Phi) is 7.14. The Labute approximate surface area is 325 Å². The molecule has 11 rings (SSSR count). The molecular formula is C53H37NS. The number of anilines is 3. The molecule has 0 unspecified atom stereocenters. The molecule has 0 aliphatic heterocycles. The van der Waals surface area contributed by atoms with Crippen LogP contribution in [0.15, 0.2) is 188 Å². The van der Waals surface area contributed by atoms with Gasteiger partial charge in [-0.05, 0) is 115 Å². The number of fused-ring (bicyclic) bond motifs is 8. The van der Waals surface area contributed by atoms with E-state index in [4.69, 9.17) is 0 Å². The van der Waals surface area contributed by atoms with Crippen molar-refractivity contribution >= 4 is 70.1 Å². The Bertz CT molecular complexity index is 3120. The van der Waals surface area contributed by atoms with Crippen molar-refractivity contribution in [1.29, 1.82) is 0 Å². The van der Waals surface area contributed by atoms with E-state index in [0.717, 1.165) is 17.1 Å². The van der Waals surface area contributed by atoms with Crippen LogP contribution in [0.4, 0.5) is 17.1 Å². The first kappa shape index (κ1) is 32.0. The summed E-state index contributed by atoms with van der Waals surface area (Å²) in [7, 11) is 0. The van der Waals surface area contributed by atoms with E-state index in [1.54, 1.807) is 0 Å². The minimum atomic E-state index is -0.0930. The molecule has 0 atom stereocenters. The number of hydrogen-bond donors (Lipinski definition) is 0. The zero-order valence-corrected chi connectivity index (χ0v) is 31.6. The van der Waals surface area contributed by atoms with Crippen LogP contribution in [0.2, 0.25) is 0 Å².